The highest BCUT2D eigenvalue weighted by molar-refractivity contribution is 6.30. The van der Waals surface area contributed by atoms with Crippen LogP contribution in [-0.4, -0.2) is 19.5 Å². The zero-order chi connectivity index (χ0) is 17.6. The van der Waals surface area contributed by atoms with Gasteiger partial charge in [-0.2, -0.15) is 0 Å². The third-order valence-electron chi connectivity index (χ3n) is 4.09. The molecule has 0 amide bonds. The van der Waals surface area contributed by atoms with Crippen molar-refractivity contribution >= 4 is 28.3 Å². The highest BCUT2D eigenvalue weighted by Gasteiger charge is 2.17. The molecule has 25 heavy (non-hydrogen) atoms. The molecule has 2 aromatic carbocycles. The summed E-state index contributed by atoms with van der Waals surface area (Å²) in [6.07, 6.45) is 3.58. The van der Waals surface area contributed by atoms with Gasteiger partial charge in [-0.25, -0.2) is 4.98 Å². The number of benzene rings is 2. The van der Waals surface area contributed by atoms with Crippen LogP contribution in [0.4, 0.5) is 5.69 Å². The molecule has 0 bridgehead atoms. The molecule has 2 heterocycles. The van der Waals surface area contributed by atoms with Crippen molar-refractivity contribution in [2.24, 2.45) is 0 Å². The number of imidazole rings is 1. The number of rotatable bonds is 3. The molecule has 0 saturated carbocycles. The number of nitrogens with zero attached hydrogens (tertiary/aromatic N) is 3. The number of hydrogen-bond acceptors (Lipinski definition) is 3. The number of nitro benzene ring substituents is 1. The second-order valence-electron chi connectivity index (χ2n) is 5.75. The molecule has 0 atom stereocenters. The monoisotopic (exact) mass is 352 g/mol. The third kappa shape index (κ3) is 2.66. The number of aromatic amines is 1. The van der Waals surface area contributed by atoms with Gasteiger partial charge < -0.3 is 9.55 Å². The van der Waals surface area contributed by atoms with Crippen molar-refractivity contribution in [2.45, 2.75) is 6.92 Å². The first kappa shape index (κ1) is 15.4. The Kier molecular flexibility index (Phi) is 3.54. The van der Waals surface area contributed by atoms with Gasteiger partial charge in [0.15, 0.2) is 0 Å². The summed E-state index contributed by atoms with van der Waals surface area (Å²) in [4.78, 5) is 18.8. The van der Waals surface area contributed by atoms with Crippen LogP contribution in [-0.2, 0) is 0 Å². The minimum Gasteiger partial charge on any atom is -0.338 e. The molecule has 4 rings (SSSR count). The summed E-state index contributed by atoms with van der Waals surface area (Å²) >= 11 is 5.88. The molecule has 4 aromatic rings. The summed E-state index contributed by atoms with van der Waals surface area (Å²) < 4.78 is 1.70. The lowest BCUT2D eigenvalue weighted by molar-refractivity contribution is -0.384. The number of hydrogen-bond donors (Lipinski definition) is 1. The van der Waals surface area contributed by atoms with E-state index < -0.39 is 4.92 Å². The Balaban J connectivity index is 1.80. The molecule has 0 saturated heterocycles. The topological polar surface area (TPSA) is 76.8 Å². The molecular formula is C18H13ClN4O2. The van der Waals surface area contributed by atoms with Crippen molar-refractivity contribution in [3.8, 4) is 17.1 Å². The smallest absolute Gasteiger partial charge is 0.294 e. The zero-order valence-corrected chi connectivity index (χ0v) is 14.0. The highest BCUT2D eigenvalue weighted by Crippen LogP contribution is 2.29. The minimum absolute atomic E-state index is 0.0462. The van der Waals surface area contributed by atoms with Gasteiger partial charge in [-0.3, -0.25) is 10.1 Å². The van der Waals surface area contributed by atoms with E-state index in [0.717, 1.165) is 28.0 Å². The maximum absolute atomic E-state index is 11.3. The van der Waals surface area contributed by atoms with Crippen molar-refractivity contribution in [1.82, 2.24) is 14.5 Å². The van der Waals surface area contributed by atoms with Crippen LogP contribution < -0.4 is 0 Å². The van der Waals surface area contributed by atoms with Crippen LogP contribution in [0.15, 0.2) is 54.9 Å². The molecule has 0 aliphatic heterocycles. The van der Waals surface area contributed by atoms with E-state index in [1.54, 1.807) is 22.9 Å². The Hall–Kier alpha value is -3.12. The van der Waals surface area contributed by atoms with Gasteiger partial charge in [0, 0.05) is 29.0 Å². The predicted molar refractivity (Wildman–Crippen MR) is 97.3 cm³/mol. The number of halogens is 1. The summed E-state index contributed by atoms with van der Waals surface area (Å²) in [6, 6.07) is 12.4. The average molecular weight is 353 g/mol. The normalized spacial score (nSPS) is 11.1. The first-order valence-corrected chi connectivity index (χ1v) is 7.99. The van der Waals surface area contributed by atoms with E-state index in [-0.39, 0.29) is 5.69 Å². The number of nitrogens with one attached hydrogen (secondary N) is 1. The molecule has 7 heteroatoms. The van der Waals surface area contributed by atoms with E-state index in [4.69, 9.17) is 11.6 Å². The average Bonchev–Trinajstić information content (AvgIpc) is 3.22. The van der Waals surface area contributed by atoms with Crippen molar-refractivity contribution in [2.75, 3.05) is 0 Å². The fourth-order valence-corrected chi connectivity index (χ4v) is 3.03. The van der Waals surface area contributed by atoms with Gasteiger partial charge in [0.05, 0.1) is 16.0 Å². The summed E-state index contributed by atoms with van der Waals surface area (Å²) in [5.74, 6) is 0.722. The Morgan fingerprint density at radius 3 is 2.84 bits per heavy atom. The number of fused-ring (bicyclic) bond motifs is 1. The van der Waals surface area contributed by atoms with E-state index in [2.05, 4.69) is 9.97 Å². The second-order valence-corrected chi connectivity index (χ2v) is 6.19. The fourth-order valence-electron chi connectivity index (χ4n) is 2.86. The Bertz CT molecular complexity index is 1110. The zero-order valence-electron chi connectivity index (χ0n) is 13.2. The first-order valence-electron chi connectivity index (χ1n) is 7.61. The van der Waals surface area contributed by atoms with Gasteiger partial charge in [-0.1, -0.05) is 23.7 Å². The highest BCUT2D eigenvalue weighted by atomic mass is 35.5. The van der Waals surface area contributed by atoms with E-state index in [1.807, 2.05) is 37.4 Å². The Labute approximate surface area is 147 Å². The molecule has 0 spiro atoms. The molecule has 0 unspecified atom stereocenters. The molecular weight excluding hydrogens is 340 g/mol. The lowest BCUT2D eigenvalue weighted by atomic mass is 10.2. The predicted octanol–water partition coefficient (Wildman–Crippen LogP) is 4.89. The fraction of sp³-hybridized carbons (Fsp3) is 0.0556. The van der Waals surface area contributed by atoms with E-state index in [1.165, 1.54) is 6.07 Å². The van der Waals surface area contributed by atoms with E-state index in [9.17, 15) is 10.1 Å². The Morgan fingerprint density at radius 2 is 2.08 bits per heavy atom. The van der Waals surface area contributed by atoms with Gasteiger partial charge >= 0.3 is 0 Å². The van der Waals surface area contributed by atoms with E-state index in [0.29, 0.717) is 10.7 Å². The molecule has 0 aliphatic rings. The Morgan fingerprint density at radius 1 is 1.24 bits per heavy atom. The molecule has 1 N–H and O–H groups in total. The lowest BCUT2D eigenvalue weighted by Crippen LogP contribution is -1.97. The van der Waals surface area contributed by atoms with Gasteiger partial charge in [-0.05, 0) is 36.8 Å². The van der Waals surface area contributed by atoms with E-state index >= 15 is 0 Å². The van der Waals surface area contributed by atoms with Crippen molar-refractivity contribution in [1.29, 1.82) is 0 Å². The van der Waals surface area contributed by atoms with Crippen LogP contribution in [0.2, 0.25) is 5.02 Å². The van der Waals surface area contributed by atoms with Crippen LogP contribution >= 0.6 is 11.6 Å². The molecule has 124 valence electrons. The number of nitro groups is 1. The lowest BCUT2D eigenvalue weighted by Gasteiger charge is -2.04. The van der Waals surface area contributed by atoms with Crippen LogP contribution in [0.1, 0.15) is 5.56 Å². The third-order valence-corrected chi connectivity index (χ3v) is 4.33. The minimum atomic E-state index is -0.439. The van der Waals surface area contributed by atoms with Crippen molar-refractivity contribution in [3.63, 3.8) is 0 Å². The van der Waals surface area contributed by atoms with Crippen molar-refractivity contribution < 1.29 is 4.92 Å². The maximum atomic E-state index is 11.3. The van der Waals surface area contributed by atoms with Crippen LogP contribution in [0.25, 0.3) is 28.1 Å². The van der Waals surface area contributed by atoms with Crippen LogP contribution in [0.3, 0.4) is 0 Å². The standard InChI is InChI=1S/C18H13ClN4O2/c1-11-3-2-4-14-17(11)21-18(20-14)12-7-8-22(10-12)15-6-5-13(19)9-16(15)23(24)25/h2-10H,1H3,(H,20,21). The van der Waals surface area contributed by atoms with Gasteiger partial charge in [0.25, 0.3) is 5.69 Å². The summed E-state index contributed by atoms with van der Waals surface area (Å²) in [6.45, 7) is 2.01. The summed E-state index contributed by atoms with van der Waals surface area (Å²) in [5.41, 5.74) is 4.22. The number of aromatic nitrogens is 3. The van der Waals surface area contributed by atoms with Gasteiger partial charge in [0.1, 0.15) is 11.5 Å². The van der Waals surface area contributed by atoms with Crippen LogP contribution in [0.5, 0.6) is 0 Å². The first-order chi connectivity index (χ1) is 12.0. The SMILES string of the molecule is Cc1cccc2[nH]c(-c3ccn(-c4ccc(Cl)cc4[N+](=O)[O-])c3)nc12. The van der Waals surface area contributed by atoms with Gasteiger partial charge in [-0.15, -0.1) is 0 Å². The quantitative estimate of drug-likeness (QED) is 0.421. The number of aryl methyl sites for hydroxylation is 1. The van der Waals surface area contributed by atoms with Crippen LogP contribution in [0, 0.1) is 17.0 Å². The number of para-hydroxylation sites is 1. The maximum Gasteiger partial charge on any atom is 0.294 e. The number of H-pyrrole nitrogens is 1. The molecule has 0 aliphatic carbocycles. The molecule has 0 fully saturated rings. The second kappa shape index (κ2) is 5.75. The van der Waals surface area contributed by atoms with Gasteiger partial charge in [0.2, 0.25) is 0 Å². The van der Waals surface area contributed by atoms with Crippen molar-refractivity contribution in [3.05, 3.63) is 75.6 Å². The largest absolute Gasteiger partial charge is 0.338 e. The molecule has 2 aromatic heterocycles. The summed E-state index contributed by atoms with van der Waals surface area (Å²) in [5, 5.41) is 11.6. The molecule has 0 radical (unpaired) electrons. The summed E-state index contributed by atoms with van der Waals surface area (Å²) in [7, 11) is 0. The molecule has 6 nitrogen and oxygen atoms in total.